The molecule has 1 unspecified atom stereocenters. The van der Waals surface area contributed by atoms with Gasteiger partial charge in [-0.25, -0.2) is 15.0 Å². The van der Waals surface area contributed by atoms with Crippen molar-refractivity contribution in [1.29, 1.82) is 0 Å². The Hall–Kier alpha value is -3.19. The van der Waals surface area contributed by atoms with Gasteiger partial charge in [0, 0.05) is 24.7 Å². The molecular weight excluding hydrogens is 408 g/mol. The molecule has 0 bridgehead atoms. The summed E-state index contributed by atoms with van der Waals surface area (Å²) >= 11 is 0. The molecule has 4 atom stereocenters. The van der Waals surface area contributed by atoms with Crippen LogP contribution in [0.15, 0.2) is 30.9 Å². The van der Waals surface area contributed by atoms with Crippen LogP contribution in [0.1, 0.15) is 17.4 Å². The minimum atomic E-state index is -1.25. The zero-order valence-corrected chi connectivity index (χ0v) is 16.3. The second-order valence-corrected chi connectivity index (χ2v) is 7.59. The van der Waals surface area contributed by atoms with Crippen molar-refractivity contribution in [1.82, 2.24) is 19.5 Å². The molecule has 0 radical (unpaired) electrons. The molecule has 5 rings (SSSR count). The van der Waals surface area contributed by atoms with Crippen LogP contribution in [0.25, 0.3) is 11.2 Å². The van der Waals surface area contributed by atoms with Gasteiger partial charge >= 0.3 is 0 Å². The Morgan fingerprint density at radius 2 is 2.06 bits per heavy atom. The van der Waals surface area contributed by atoms with E-state index < -0.39 is 31.1 Å². The molecule has 0 saturated carbocycles. The summed E-state index contributed by atoms with van der Waals surface area (Å²) in [5.41, 5.74) is 2.60. The van der Waals surface area contributed by atoms with Crippen LogP contribution in [-0.4, -0.2) is 71.2 Å². The Morgan fingerprint density at radius 3 is 2.81 bits per heavy atom. The second kappa shape index (κ2) is 7.50. The number of ether oxygens (including phenoxy) is 1. The number of imidazole rings is 1. The van der Waals surface area contributed by atoms with E-state index in [0.717, 1.165) is 11.1 Å². The van der Waals surface area contributed by atoms with E-state index in [1.807, 2.05) is 11.0 Å². The van der Waals surface area contributed by atoms with Crippen molar-refractivity contribution in [3.8, 4) is 0 Å². The number of aromatic nitrogens is 4. The van der Waals surface area contributed by atoms with Gasteiger partial charge in [0.05, 0.1) is 17.9 Å². The number of nitro groups is 1. The summed E-state index contributed by atoms with van der Waals surface area (Å²) in [6.07, 6.45) is -1.03. The maximum atomic E-state index is 11.3. The number of hydrogen-bond donors (Lipinski definition) is 3. The molecule has 2 aromatic heterocycles. The summed E-state index contributed by atoms with van der Waals surface area (Å²) < 4.78 is 7.10. The lowest BCUT2D eigenvalue weighted by atomic mass is 9.98. The van der Waals surface area contributed by atoms with E-state index in [1.54, 1.807) is 6.07 Å². The second-order valence-electron chi connectivity index (χ2n) is 7.59. The van der Waals surface area contributed by atoms with Gasteiger partial charge in [0.1, 0.15) is 24.6 Å². The smallest absolute Gasteiger partial charge is 0.272 e. The van der Waals surface area contributed by atoms with E-state index in [2.05, 4.69) is 15.0 Å². The van der Waals surface area contributed by atoms with Gasteiger partial charge in [0.15, 0.2) is 23.2 Å². The Balaban J connectivity index is 1.49. The van der Waals surface area contributed by atoms with Gasteiger partial charge in [-0.1, -0.05) is 12.1 Å². The summed E-state index contributed by atoms with van der Waals surface area (Å²) in [5.74, 6) is 0.563. The van der Waals surface area contributed by atoms with Crippen molar-refractivity contribution in [2.45, 2.75) is 37.5 Å². The van der Waals surface area contributed by atoms with Gasteiger partial charge in [-0.05, 0) is 12.0 Å². The fourth-order valence-electron chi connectivity index (χ4n) is 4.31. The first kappa shape index (κ1) is 19.8. The molecule has 12 heteroatoms. The lowest BCUT2D eigenvalue weighted by Gasteiger charge is -2.29. The number of anilines is 1. The maximum Gasteiger partial charge on any atom is 0.272 e. The lowest BCUT2D eigenvalue weighted by molar-refractivity contribution is -0.385. The minimum Gasteiger partial charge on any atom is -0.394 e. The highest BCUT2D eigenvalue weighted by atomic mass is 16.6. The summed E-state index contributed by atoms with van der Waals surface area (Å²) in [4.78, 5) is 26.0. The van der Waals surface area contributed by atoms with Crippen LogP contribution < -0.4 is 4.90 Å². The van der Waals surface area contributed by atoms with Gasteiger partial charge in [-0.3, -0.25) is 14.7 Å². The molecule has 31 heavy (non-hydrogen) atoms. The topological polar surface area (TPSA) is 160 Å². The van der Waals surface area contributed by atoms with E-state index in [9.17, 15) is 25.4 Å². The summed E-state index contributed by atoms with van der Waals surface area (Å²) in [7, 11) is 0. The van der Waals surface area contributed by atoms with Crippen LogP contribution in [0.5, 0.6) is 0 Å². The van der Waals surface area contributed by atoms with Crippen LogP contribution in [0.3, 0.4) is 0 Å². The molecule has 1 aromatic carbocycles. The molecule has 3 N–H and O–H groups in total. The number of nitro benzene ring substituents is 1. The number of benzene rings is 1. The third-order valence-electron chi connectivity index (χ3n) is 5.87. The molecule has 4 heterocycles. The van der Waals surface area contributed by atoms with Crippen molar-refractivity contribution < 1.29 is 25.0 Å². The zero-order valence-electron chi connectivity index (χ0n) is 16.3. The minimum absolute atomic E-state index is 0.124. The molecule has 1 fully saturated rings. The number of aliphatic hydroxyl groups excluding tert-OH is 3. The van der Waals surface area contributed by atoms with Crippen molar-refractivity contribution >= 4 is 22.7 Å². The molecule has 0 amide bonds. The van der Waals surface area contributed by atoms with Crippen LogP contribution >= 0.6 is 0 Å². The maximum absolute atomic E-state index is 11.3. The molecule has 0 spiro atoms. The number of fused-ring (bicyclic) bond motifs is 2. The van der Waals surface area contributed by atoms with Gasteiger partial charge in [-0.2, -0.15) is 0 Å². The van der Waals surface area contributed by atoms with E-state index in [-0.39, 0.29) is 10.6 Å². The Kier molecular flexibility index (Phi) is 4.78. The van der Waals surface area contributed by atoms with E-state index in [4.69, 9.17) is 4.74 Å². The third kappa shape index (κ3) is 3.11. The van der Waals surface area contributed by atoms with Gasteiger partial charge in [0.2, 0.25) is 0 Å². The predicted octanol–water partition coefficient (Wildman–Crippen LogP) is -0.0913. The van der Waals surface area contributed by atoms with Gasteiger partial charge < -0.3 is 25.0 Å². The summed E-state index contributed by atoms with van der Waals surface area (Å²) in [5, 5.41) is 41.0. The fourth-order valence-corrected chi connectivity index (χ4v) is 4.31. The third-order valence-corrected chi connectivity index (χ3v) is 5.87. The number of hydrogen-bond acceptors (Lipinski definition) is 10. The predicted molar refractivity (Wildman–Crippen MR) is 106 cm³/mol. The fraction of sp³-hybridized carbons (Fsp3) is 0.421. The van der Waals surface area contributed by atoms with Crippen molar-refractivity contribution in [3.63, 3.8) is 0 Å². The Morgan fingerprint density at radius 1 is 1.23 bits per heavy atom. The number of aliphatic hydroxyl groups is 3. The zero-order chi connectivity index (χ0) is 21.7. The SMILES string of the molecule is O=[N+]([O-])c1cccc2c1CCN(c1ncnc3c1ncn3C1O[C@H](CO)[C@@H](O)[C@H]1O)C2. The molecule has 2 aliphatic rings. The Bertz CT molecular complexity index is 1150. The van der Waals surface area contributed by atoms with Crippen LogP contribution in [-0.2, 0) is 17.7 Å². The van der Waals surface area contributed by atoms with Gasteiger partial charge in [-0.15, -0.1) is 0 Å². The van der Waals surface area contributed by atoms with Crippen LogP contribution in [0.4, 0.5) is 11.5 Å². The largest absolute Gasteiger partial charge is 0.394 e. The standard InChI is InChI=1S/C19H20N6O6/c26-7-13-15(27)16(28)19(31-13)24-9-22-14-17(20-8-21-18(14)24)23-5-4-11-10(6-23)2-1-3-12(11)25(29)30/h1-3,8-9,13,15-16,19,26-28H,4-7H2/t13-,15-,16-,19?/m1/s1. The molecule has 0 aliphatic carbocycles. The molecule has 3 aromatic rings. The quantitative estimate of drug-likeness (QED) is 0.378. The average molecular weight is 428 g/mol. The van der Waals surface area contributed by atoms with Gasteiger partial charge in [0.25, 0.3) is 5.69 Å². The first-order chi connectivity index (χ1) is 15.0. The monoisotopic (exact) mass is 428 g/mol. The van der Waals surface area contributed by atoms with E-state index in [1.165, 1.54) is 23.3 Å². The van der Waals surface area contributed by atoms with Crippen molar-refractivity contribution in [2.75, 3.05) is 18.1 Å². The van der Waals surface area contributed by atoms with E-state index >= 15 is 0 Å². The highest BCUT2D eigenvalue weighted by molar-refractivity contribution is 5.83. The first-order valence-electron chi connectivity index (χ1n) is 9.79. The molecule has 162 valence electrons. The highest BCUT2D eigenvalue weighted by Crippen LogP contribution is 2.34. The molecule has 1 saturated heterocycles. The molecule has 2 aliphatic heterocycles. The Labute approximate surface area is 175 Å². The van der Waals surface area contributed by atoms with Crippen LogP contribution in [0, 0.1) is 10.1 Å². The van der Waals surface area contributed by atoms with Crippen LogP contribution in [0.2, 0.25) is 0 Å². The van der Waals surface area contributed by atoms with E-state index in [0.29, 0.717) is 36.5 Å². The molecular formula is C19H20N6O6. The summed E-state index contributed by atoms with van der Waals surface area (Å²) in [6.45, 7) is 0.523. The highest BCUT2D eigenvalue weighted by Gasteiger charge is 2.44. The summed E-state index contributed by atoms with van der Waals surface area (Å²) in [6, 6.07) is 5.05. The molecule has 12 nitrogen and oxygen atoms in total. The lowest BCUT2D eigenvalue weighted by Crippen LogP contribution is -2.33. The van der Waals surface area contributed by atoms with Crippen molar-refractivity contribution in [3.05, 3.63) is 52.1 Å². The average Bonchev–Trinajstić information content (AvgIpc) is 3.33. The van der Waals surface area contributed by atoms with Crippen molar-refractivity contribution in [2.24, 2.45) is 0 Å². The number of nitrogens with zero attached hydrogens (tertiary/aromatic N) is 6. The first-order valence-corrected chi connectivity index (χ1v) is 9.79. The normalized spacial score (nSPS) is 25.7. The number of rotatable bonds is 4.